The molecular weight excluding hydrogens is 248 g/mol. The van der Waals surface area contributed by atoms with E-state index in [0.717, 1.165) is 24.8 Å². The minimum Gasteiger partial charge on any atom is -0.338 e. The quantitative estimate of drug-likeness (QED) is 0.756. The van der Waals surface area contributed by atoms with Crippen molar-refractivity contribution >= 4 is 23.7 Å². The van der Waals surface area contributed by atoms with Gasteiger partial charge < -0.3 is 10.6 Å². The molecule has 0 fully saturated rings. The van der Waals surface area contributed by atoms with Crippen molar-refractivity contribution < 1.29 is 4.79 Å². The van der Waals surface area contributed by atoms with Crippen molar-refractivity contribution in [3.8, 4) is 0 Å². The van der Waals surface area contributed by atoms with Gasteiger partial charge >= 0.3 is 6.03 Å². The number of halogens is 1. The lowest BCUT2D eigenvalue weighted by atomic mass is 10.2. The second kappa shape index (κ2) is 8.59. The van der Waals surface area contributed by atoms with Crippen molar-refractivity contribution in [1.82, 2.24) is 10.6 Å². The first-order valence-electron chi connectivity index (χ1n) is 6.19. The summed E-state index contributed by atoms with van der Waals surface area (Å²) in [7, 11) is 0. The zero-order valence-electron chi connectivity index (χ0n) is 10.6. The number of hydrogen-bond acceptors (Lipinski definition) is 1. The van der Waals surface area contributed by atoms with Gasteiger partial charge in [0.25, 0.3) is 0 Å². The largest absolute Gasteiger partial charge is 0.338 e. The highest BCUT2D eigenvalue weighted by Crippen LogP contribution is 2.15. The molecule has 2 N–H and O–H groups in total. The Kier molecular flexibility index (Phi) is 6.96. The maximum Gasteiger partial charge on any atom is 0.318 e. The summed E-state index contributed by atoms with van der Waals surface area (Å²) in [6.45, 7) is 2.84. The third-order valence-corrected chi connectivity index (χ3v) is 2.79. The molecule has 2 amide bonds. The number of amides is 2. The molecule has 0 unspecified atom stereocenters. The lowest BCUT2D eigenvalue weighted by molar-refractivity contribution is 0.244. The third kappa shape index (κ3) is 5.73. The molecule has 0 aromatic heterocycles. The molecule has 3 nitrogen and oxygen atoms in total. The fourth-order valence-corrected chi connectivity index (χ4v) is 1.64. The molecule has 1 rings (SSSR count). The van der Waals surface area contributed by atoms with Crippen LogP contribution in [-0.2, 0) is 0 Å². The summed E-state index contributed by atoms with van der Waals surface area (Å²) in [6.07, 6.45) is 6.66. The van der Waals surface area contributed by atoms with E-state index < -0.39 is 0 Å². The number of carbonyl (C=O) groups is 1. The molecule has 0 radical (unpaired) electrons. The van der Waals surface area contributed by atoms with Crippen molar-refractivity contribution in [3.05, 3.63) is 41.1 Å². The molecule has 0 aliphatic heterocycles. The van der Waals surface area contributed by atoms with Crippen molar-refractivity contribution in [2.24, 2.45) is 0 Å². The van der Waals surface area contributed by atoms with Gasteiger partial charge in [-0.3, -0.25) is 0 Å². The van der Waals surface area contributed by atoms with Crippen molar-refractivity contribution in [3.63, 3.8) is 0 Å². The highest BCUT2D eigenvalue weighted by atomic mass is 35.5. The molecular formula is C14H19ClN2O. The van der Waals surface area contributed by atoms with Crippen molar-refractivity contribution in [2.45, 2.75) is 26.2 Å². The smallest absolute Gasteiger partial charge is 0.318 e. The van der Waals surface area contributed by atoms with Gasteiger partial charge in [0.15, 0.2) is 0 Å². The van der Waals surface area contributed by atoms with Crippen LogP contribution in [0.1, 0.15) is 31.7 Å². The van der Waals surface area contributed by atoms with E-state index in [-0.39, 0.29) is 6.03 Å². The Bertz CT molecular complexity index is 405. The van der Waals surface area contributed by atoms with Gasteiger partial charge in [-0.25, -0.2) is 4.79 Å². The Labute approximate surface area is 113 Å². The van der Waals surface area contributed by atoms with Crippen molar-refractivity contribution in [2.75, 3.05) is 6.54 Å². The van der Waals surface area contributed by atoms with Gasteiger partial charge in [-0.1, -0.05) is 49.6 Å². The van der Waals surface area contributed by atoms with Crippen LogP contribution in [0.4, 0.5) is 4.79 Å². The number of nitrogens with one attached hydrogen (secondary N) is 2. The minimum atomic E-state index is -0.186. The van der Waals surface area contributed by atoms with Crippen LogP contribution in [0.3, 0.4) is 0 Å². The molecule has 0 saturated carbocycles. The molecule has 0 aliphatic rings. The van der Waals surface area contributed by atoms with Gasteiger partial charge in [0.2, 0.25) is 0 Å². The Morgan fingerprint density at radius 3 is 2.83 bits per heavy atom. The monoisotopic (exact) mass is 266 g/mol. The Morgan fingerprint density at radius 2 is 2.11 bits per heavy atom. The van der Waals surface area contributed by atoms with Gasteiger partial charge in [-0.15, -0.1) is 0 Å². The topological polar surface area (TPSA) is 41.1 Å². The van der Waals surface area contributed by atoms with E-state index in [1.165, 1.54) is 0 Å². The maximum absolute atomic E-state index is 11.4. The Morgan fingerprint density at radius 1 is 1.33 bits per heavy atom. The molecule has 1 aromatic rings. The predicted octanol–water partition coefficient (Wildman–Crippen LogP) is 3.80. The van der Waals surface area contributed by atoms with Crippen LogP contribution >= 0.6 is 11.6 Å². The second-order valence-corrected chi connectivity index (χ2v) is 4.37. The summed E-state index contributed by atoms with van der Waals surface area (Å²) in [4.78, 5) is 11.4. The molecule has 1 aromatic carbocycles. The summed E-state index contributed by atoms with van der Waals surface area (Å²) in [5, 5.41) is 6.10. The van der Waals surface area contributed by atoms with E-state index in [4.69, 9.17) is 11.6 Å². The van der Waals surface area contributed by atoms with Crippen LogP contribution in [0.15, 0.2) is 30.5 Å². The first kappa shape index (κ1) is 14.6. The van der Waals surface area contributed by atoms with Crippen LogP contribution in [0.5, 0.6) is 0 Å². The fourth-order valence-electron chi connectivity index (χ4n) is 1.45. The highest BCUT2D eigenvalue weighted by Gasteiger charge is 1.96. The normalized spacial score (nSPS) is 10.6. The van der Waals surface area contributed by atoms with Crippen LogP contribution < -0.4 is 10.6 Å². The molecule has 0 aliphatic carbocycles. The number of carbonyl (C=O) groups excluding carboxylic acids is 1. The van der Waals surface area contributed by atoms with Crippen LogP contribution in [-0.4, -0.2) is 12.6 Å². The average molecular weight is 267 g/mol. The number of rotatable bonds is 6. The standard InChI is InChI=1S/C14H19ClN2O/c1-2-3-6-10-16-14(18)17-11-9-12-7-4-5-8-13(12)15/h4-5,7-9,11H,2-3,6,10H2,1H3,(H2,16,17,18)/b11-9+. The van der Waals surface area contributed by atoms with E-state index in [1.54, 1.807) is 12.3 Å². The fraction of sp³-hybridized carbons (Fsp3) is 0.357. The van der Waals surface area contributed by atoms with Crippen LogP contribution in [0.2, 0.25) is 5.02 Å². The van der Waals surface area contributed by atoms with Crippen molar-refractivity contribution in [1.29, 1.82) is 0 Å². The van der Waals surface area contributed by atoms with Crippen LogP contribution in [0.25, 0.3) is 6.08 Å². The molecule has 0 atom stereocenters. The minimum absolute atomic E-state index is 0.186. The molecule has 18 heavy (non-hydrogen) atoms. The Hall–Kier alpha value is -1.48. The van der Waals surface area contributed by atoms with E-state index >= 15 is 0 Å². The van der Waals surface area contributed by atoms with Gasteiger partial charge in [0.05, 0.1) is 0 Å². The molecule has 0 spiro atoms. The second-order valence-electron chi connectivity index (χ2n) is 3.96. The maximum atomic E-state index is 11.4. The van der Waals surface area contributed by atoms with E-state index in [9.17, 15) is 4.79 Å². The zero-order chi connectivity index (χ0) is 13.2. The lowest BCUT2D eigenvalue weighted by Crippen LogP contribution is -2.32. The average Bonchev–Trinajstić information content (AvgIpc) is 2.37. The van der Waals surface area contributed by atoms with Gasteiger partial charge in [-0.2, -0.15) is 0 Å². The van der Waals surface area contributed by atoms with E-state index in [0.29, 0.717) is 11.6 Å². The van der Waals surface area contributed by atoms with E-state index in [2.05, 4.69) is 17.6 Å². The van der Waals surface area contributed by atoms with Crippen LogP contribution in [0, 0.1) is 0 Å². The van der Waals surface area contributed by atoms with Gasteiger partial charge in [0.1, 0.15) is 0 Å². The molecule has 0 heterocycles. The molecule has 0 bridgehead atoms. The Balaban J connectivity index is 2.28. The first-order valence-corrected chi connectivity index (χ1v) is 6.57. The summed E-state index contributed by atoms with van der Waals surface area (Å²) < 4.78 is 0. The van der Waals surface area contributed by atoms with Gasteiger partial charge in [0, 0.05) is 17.8 Å². The first-order chi connectivity index (χ1) is 8.74. The summed E-state index contributed by atoms with van der Waals surface area (Å²) >= 11 is 5.98. The molecule has 0 saturated heterocycles. The lowest BCUT2D eigenvalue weighted by Gasteiger charge is -2.03. The molecule has 4 heteroatoms. The van der Waals surface area contributed by atoms with E-state index in [1.807, 2.05) is 24.3 Å². The SMILES string of the molecule is CCCCCNC(=O)N/C=C/c1ccccc1Cl. The number of hydrogen-bond donors (Lipinski definition) is 2. The molecule has 98 valence electrons. The third-order valence-electron chi connectivity index (χ3n) is 2.45. The summed E-state index contributed by atoms with van der Waals surface area (Å²) in [5.74, 6) is 0. The number of unbranched alkanes of at least 4 members (excludes halogenated alkanes) is 2. The summed E-state index contributed by atoms with van der Waals surface area (Å²) in [6, 6.07) is 7.28. The number of urea groups is 1. The predicted molar refractivity (Wildman–Crippen MR) is 76.5 cm³/mol. The highest BCUT2D eigenvalue weighted by molar-refractivity contribution is 6.32. The summed E-state index contributed by atoms with van der Waals surface area (Å²) in [5.41, 5.74) is 0.880. The van der Waals surface area contributed by atoms with Gasteiger partial charge in [-0.05, 0) is 24.1 Å². The zero-order valence-corrected chi connectivity index (χ0v) is 11.3. The number of benzene rings is 1.